The summed E-state index contributed by atoms with van der Waals surface area (Å²) in [7, 11) is 3.38. The van der Waals surface area contributed by atoms with E-state index in [2.05, 4.69) is 40.5 Å². The first-order chi connectivity index (χ1) is 14.0. The average Bonchev–Trinajstić information content (AvgIpc) is 2.73. The lowest BCUT2D eigenvalue weighted by atomic mass is 9.74. The van der Waals surface area contributed by atoms with Gasteiger partial charge >= 0.3 is 6.03 Å². The van der Waals surface area contributed by atoms with Gasteiger partial charge in [-0.3, -0.25) is 9.69 Å². The number of nitrogens with one attached hydrogen (secondary N) is 1. The maximum atomic E-state index is 12.7. The molecule has 0 aliphatic carbocycles. The van der Waals surface area contributed by atoms with Gasteiger partial charge < -0.3 is 15.1 Å². The Hall–Kier alpha value is -2.08. The van der Waals surface area contributed by atoms with E-state index in [1.54, 1.807) is 14.1 Å². The van der Waals surface area contributed by atoms with Crippen molar-refractivity contribution >= 4 is 11.9 Å². The molecule has 2 bridgehead atoms. The molecule has 6 nitrogen and oxygen atoms in total. The number of carbonyl (C=O) groups is 2. The first kappa shape index (κ1) is 20.2. The van der Waals surface area contributed by atoms with Crippen LogP contribution in [-0.2, 0) is 11.2 Å². The van der Waals surface area contributed by atoms with Crippen LogP contribution in [0.2, 0.25) is 0 Å². The van der Waals surface area contributed by atoms with Crippen molar-refractivity contribution in [3.63, 3.8) is 0 Å². The standard InChI is InChI=1S/C23H34N4O2/c1-25(2)23(29)24-13-22(28)26-14-18-11-19(16-26)21-10-6-9-20(27(21)15-18)12-17-7-4-3-5-8-17/h3-5,7-8,18-21H,6,9-16H2,1-2H3,(H,24,29)/t18-,19+,20+,21-/m0/s1. The smallest absolute Gasteiger partial charge is 0.317 e. The van der Waals surface area contributed by atoms with E-state index in [1.807, 2.05) is 4.90 Å². The Morgan fingerprint density at radius 1 is 1.10 bits per heavy atom. The first-order valence-electron chi connectivity index (χ1n) is 11.0. The van der Waals surface area contributed by atoms with Gasteiger partial charge in [0, 0.05) is 45.8 Å². The van der Waals surface area contributed by atoms with Crippen LogP contribution in [0.25, 0.3) is 0 Å². The molecular formula is C23H34N4O2. The molecule has 6 heteroatoms. The zero-order valence-corrected chi connectivity index (χ0v) is 17.7. The molecule has 4 rings (SSSR count). The molecule has 4 atom stereocenters. The molecule has 29 heavy (non-hydrogen) atoms. The maximum absolute atomic E-state index is 12.7. The lowest BCUT2D eigenvalue weighted by Gasteiger charge is -2.55. The van der Waals surface area contributed by atoms with Gasteiger partial charge in [-0.2, -0.15) is 0 Å². The van der Waals surface area contributed by atoms with E-state index in [-0.39, 0.29) is 18.5 Å². The molecule has 3 heterocycles. The summed E-state index contributed by atoms with van der Waals surface area (Å²) < 4.78 is 0. The molecule has 0 saturated carbocycles. The van der Waals surface area contributed by atoms with Gasteiger partial charge in [-0.25, -0.2) is 4.79 Å². The number of amides is 3. The van der Waals surface area contributed by atoms with Crippen LogP contribution >= 0.6 is 0 Å². The van der Waals surface area contributed by atoms with Crippen LogP contribution in [0.15, 0.2) is 30.3 Å². The van der Waals surface area contributed by atoms with E-state index in [0.29, 0.717) is 23.9 Å². The Morgan fingerprint density at radius 3 is 2.66 bits per heavy atom. The van der Waals surface area contributed by atoms with Gasteiger partial charge in [-0.1, -0.05) is 36.8 Å². The number of hydrogen-bond donors (Lipinski definition) is 1. The summed E-state index contributed by atoms with van der Waals surface area (Å²) in [4.78, 5) is 30.7. The second-order valence-corrected chi connectivity index (χ2v) is 9.25. The number of benzene rings is 1. The van der Waals surface area contributed by atoms with Gasteiger partial charge in [0.1, 0.15) is 0 Å². The molecule has 3 aliphatic rings. The van der Waals surface area contributed by atoms with Crippen LogP contribution in [0.3, 0.4) is 0 Å². The second-order valence-electron chi connectivity index (χ2n) is 9.25. The summed E-state index contributed by atoms with van der Waals surface area (Å²) in [6, 6.07) is 11.9. The van der Waals surface area contributed by atoms with Gasteiger partial charge in [0.25, 0.3) is 0 Å². The summed E-state index contributed by atoms with van der Waals surface area (Å²) >= 11 is 0. The van der Waals surface area contributed by atoms with Crippen molar-refractivity contribution < 1.29 is 9.59 Å². The number of carbonyl (C=O) groups excluding carboxylic acids is 2. The highest BCUT2D eigenvalue weighted by molar-refractivity contribution is 5.84. The SMILES string of the molecule is CN(C)C(=O)NCC(=O)N1C[C@@H]2C[C@H](C1)[C@@H]1CCC[C@H](Cc3ccccc3)N1C2. The van der Waals surface area contributed by atoms with Crippen LogP contribution < -0.4 is 5.32 Å². The van der Waals surface area contributed by atoms with E-state index < -0.39 is 0 Å². The fraction of sp³-hybridized carbons (Fsp3) is 0.652. The Morgan fingerprint density at radius 2 is 1.90 bits per heavy atom. The number of likely N-dealkylation sites (tertiary alicyclic amines) is 1. The van der Waals surface area contributed by atoms with Crippen molar-refractivity contribution in [3.05, 3.63) is 35.9 Å². The monoisotopic (exact) mass is 398 g/mol. The summed E-state index contributed by atoms with van der Waals surface area (Å²) in [6.45, 7) is 2.87. The van der Waals surface area contributed by atoms with Crippen molar-refractivity contribution in [2.45, 2.75) is 44.2 Å². The third kappa shape index (κ3) is 4.58. The highest BCUT2D eigenvalue weighted by Crippen LogP contribution is 2.40. The van der Waals surface area contributed by atoms with Gasteiger partial charge in [0.2, 0.25) is 5.91 Å². The van der Waals surface area contributed by atoms with Crippen LogP contribution in [-0.4, -0.2) is 79.0 Å². The fourth-order valence-corrected chi connectivity index (χ4v) is 5.64. The number of hydrogen-bond acceptors (Lipinski definition) is 3. The topological polar surface area (TPSA) is 55.9 Å². The number of nitrogens with zero attached hydrogens (tertiary/aromatic N) is 3. The van der Waals surface area contributed by atoms with Crippen LogP contribution in [0.5, 0.6) is 0 Å². The predicted molar refractivity (Wildman–Crippen MR) is 114 cm³/mol. The van der Waals surface area contributed by atoms with Crippen molar-refractivity contribution in [2.24, 2.45) is 11.8 Å². The molecule has 0 radical (unpaired) electrons. The molecule has 0 spiro atoms. The number of fused-ring (bicyclic) bond motifs is 4. The molecule has 1 aromatic rings. The third-order valence-corrected chi connectivity index (χ3v) is 6.98. The second kappa shape index (κ2) is 8.74. The van der Waals surface area contributed by atoms with Crippen molar-refractivity contribution in [3.8, 4) is 0 Å². The molecule has 0 aromatic heterocycles. The molecule has 3 saturated heterocycles. The molecule has 3 amide bonds. The highest BCUT2D eigenvalue weighted by Gasteiger charge is 2.45. The first-order valence-corrected chi connectivity index (χ1v) is 11.0. The van der Waals surface area contributed by atoms with Gasteiger partial charge in [-0.15, -0.1) is 0 Å². The van der Waals surface area contributed by atoms with Crippen molar-refractivity contribution in [1.82, 2.24) is 20.0 Å². The van der Waals surface area contributed by atoms with Crippen molar-refractivity contribution in [1.29, 1.82) is 0 Å². The fourth-order valence-electron chi connectivity index (χ4n) is 5.64. The van der Waals surface area contributed by atoms with Crippen LogP contribution in [0, 0.1) is 11.8 Å². The third-order valence-electron chi connectivity index (χ3n) is 6.98. The molecule has 3 fully saturated rings. The molecule has 1 aromatic carbocycles. The van der Waals surface area contributed by atoms with E-state index >= 15 is 0 Å². The Labute approximate surface area is 174 Å². The normalized spacial score (nSPS) is 29.1. The minimum absolute atomic E-state index is 0.0556. The summed E-state index contributed by atoms with van der Waals surface area (Å²) in [6.07, 6.45) is 6.20. The molecule has 0 unspecified atom stereocenters. The number of urea groups is 1. The Bertz CT molecular complexity index is 723. The molecule has 3 aliphatic heterocycles. The lowest BCUT2D eigenvalue weighted by Crippen LogP contribution is -2.63. The molecular weight excluding hydrogens is 364 g/mol. The summed E-state index contributed by atoms with van der Waals surface area (Å²) in [5.74, 6) is 1.17. The van der Waals surface area contributed by atoms with E-state index in [9.17, 15) is 9.59 Å². The van der Waals surface area contributed by atoms with Crippen LogP contribution in [0.1, 0.15) is 31.2 Å². The maximum Gasteiger partial charge on any atom is 0.317 e. The number of piperidine rings is 3. The molecule has 1 N–H and O–H groups in total. The van der Waals surface area contributed by atoms with Gasteiger partial charge in [0.05, 0.1) is 6.54 Å². The summed E-state index contributed by atoms with van der Waals surface area (Å²) in [5.41, 5.74) is 1.43. The highest BCUT2D eigenvalue weighted by atomic mass is 16.2. The number of rotatable bonds is 4. The molecule has 158 valence electrons. The zero-order valence-electron chi connectivity index (χ0n) is 17.7. The van der Waals surface area contributed by atoms with Crippen molar-refractivity contribution in [2.75, 3.05) is 40.3 Å². The van der Waals surface area contributed by atoms with E-state index in [4.69, 9.17) is 0 Å². The largest absolute Gasteiger partial charge is 0.341 e. The quantitative estimate of drug-likeness (QED) is 0.846. The predicted octanol–water partition coefficient (Wildman–Crippen LogP) is 2.20. The minimum Gasteiger partial charge on any atom is -0.341 e. The Balaban J connectivity index is 1.38. The van der Waals surface area contributed by atoms with Crippen LogP contribution in [0.4, 0.5) is 4.79 Å². The van der Waals surface area contributed by atoms with E-state index in [1.165, 1.54) is 36.1 Å². The minimum atomic E-state index is -0.210. The lowest BCUT2D eigenvalue weighted by molar-refractivity contribution is -0.137. The van der Waals surface area contributed by atoms with Gasteiger partial charge in [-0.05, 0) is 43.1 Å². The average molecular weight is 399 g/mol. The van der Waals surface area contributed by atoms with Gasteiger partial charge in [0.15, 0.2) is 0 Å². The Kier molecular flexibility index (Phi) is 6.09. The summed E-state index contributed by atoms with van der Waals surface area (Å²) in [5, 5.41) is 2.72. The zero-order chi connectivity index (χ0) is 20.4. The van der Waals surface area contributed by atoms with E-state index in [0.717, 1.165) is 26.1 Å².